The average Bonchev–Trinajstić information content (AvgIpc) is 2.42. The van der Waals surface area contributed by atoms with Crippen molar-refractivity contribution in [2.45, 2.75) is 26.4 Å². The molecule has 0 bridgehead atoms. The van der Waals surface area contributed by atoms with E-state index in [4.69, 9.17) is 4.74 Å². The highest BCUT2D eigenvalue weighted by Gasteiger charge is 2.15. The third-order valence-electron chi connectivity index (χ3n) is 2.35. The van der Waals surface area contributed by atoms with E-state index in [1.807, 2.05) is 0 Å². The van der Waals surface area contributed by atoms with Gasteiger partial charge in [-0.1, -0.05) is 17.9 Å². The van der Waals surface area contributed by atoms with Crippen molar-refractivity contribution in [2.75, 3.05) is 13.7 Å². The Hall–Kier alpha value is -2.55. The Balaban J connectivity index is 2.70. The van der Waals surface area contributed by atoms with Gasteiger partial charge in [0.1, 0.15) is 5.60 Å². The van der Waals surface area contributed by atoms with E-state index in [-0.39, 0.29) is 17.7 Å². The van der Waals surface area contributed by atoms with Crippen LogP contribution in [0.1, 0.15) is 36.7 Å². The molecular weight excluding hydrogens is 289 g/mol. The summed E-state index contributed by atoms with van der Waals surface area (Å²) in [5, 5.41) is 2.43. The molecule has 118 valence electrons. The van der Waals surface area contributed by atoms with E-state index in [2.05, 4.69) is 21.9 Å². The number of benzene rings is 1. The molecule has 6 heteroatoms. The maximum atomic E-state index is 14.0. The Morgan fingerprint density at radius 2 is 2.00 bits per heavy atom. The van der Waals surface area contributed by atoms with Gasteiger partial charge in [0.05, 0.1) is 24.8 Å². The number of alkyl carbamates (subject to hydrolysis) is 1. The van der Waals surface area contributed by atoms with Gasteiger partial charge in [-0.15, -0.1) is 0 Å². The zero-order valence-corrected chi connectivity index (χ0v) is 13.0. The normalized spacial score (nSPS) is 10.2. The van der Waals surface area contributed by atoms with Crippen LogP contribution in [0.3, 0.4) is 0 Å². The quantitative estimate of drug-likeness (QED) is 0.673. The Morgan fingerprint density at radius 1 is 1.32 bits per heavy atom. The number of esters is 1. The first-order chi connectivity index (χ1) is 10.2. The lowest BCUT2D eigenvalue weighted by molar-refractivity contribution is 0.0533. The van der Waals surface area contributed by atoms with Crippen LogP contribution < -0.4 is 5.32 Å². The Morgan fingerprint density at radius 3 is 2.59 bits per heavy atom. The van der Waals surface area contributed by atoms with Crippen molar-refractivity contribution >= 4 is 12.1 Å². The van der Waals surface area contributed by atoms with Crippen molar-refractivity contribution in [1.82, 2.24) is 5.32 Å². The van der Waals surface area contributed by atoms with Gasteiger partial charge in [-0.25, -0.2) is 14.0 Å². The molecule has 5 nitrogen and oxygen atoms in total. The zero-order valence-electron chi connectivity index (χ0n) is 13.0. The molecule has 22 heavy (non-hydrogen) atoms. The second-order valence-corrected chi connectivity index (χ2v) is 5.32. The first-order valence-corrected chi connectivity index (χ1v) is 6.57. The van der Waals surface area contributed by atoms with Crippen LogP contribution in [0.15, 0.2) is 18.2 Å². The molecule has 1 aromatic carbocycles. The number of ether oxygens (including phenoxy) is 2. The molecule has 0 aliphatic heterocycles. The van der Waals surface area contributed by atoms with E-state index in [1.54, 1.807) is 20.8 Å². The van der Waals surface area contributed by atoms with E-state index in [0.717, 1.165) is 0 Å². The summed E-state index contributed by atoms with van der Waals surface area (Å²) in [6.45, 7) is 5.22. The molecule has 0 aromatic heterocycles. The predicted molar refractivity (Wildman–Crippen MR) is 78.9 cm³/mol. The minimum absolute atomic E-state index is 0.00317. The fourth-order valence-electron chi connectivity index (χ4n) is 1.47. The topological polar surface area (TPSA) is 64.6 Å². The highest BCUT2D eigenvalue weighted by atomic mass is 19.1. The van der Waals surface area contributed by atoms with Gasteiger partial charge in [-0.2, -0.15) is 0 Å². The Labute approximate surface area is 128 Å². The summed E-state index contributed by atoms with van der Waals surface area (Å²) in [4.78, 5) is 22.7. The van der Waals surface area contributed by atoms with E-state index in [9.17, 15) is 14.0 Å². The number of halogens is 1. The fraction of sp³-hybridized carbons (Fsp3) is 0.375. The Kier molecular flexibility index (Phi) is 5.93. The smallest absolute Gasteiger partial charge is 0.408 e. The largest absolute Gasteiger partial charge is 0.465 e. The van der Waals surface area contributed by atoms with Crippen molar-refractivity contribution < 1.29 is 23.5 Å². The monoisotopic (exact) mass is 307 g/mol. The van der Waals surface area contributed by atoms with Crippen LogP contribution in [0, 0.1) is 17.7 Å². The van der Waals surface area contributed by atoms with Gasteiger partial charge >= 0.3 is 12.1 Å². The molecule has 0 spiro atoms. The summed E-state index contributed by atoms with van der Waals surface area (Å²) in [6, 6.07) is 4.24. The summed E-state index contributed by atoms with van der Waals surface area (Å²) in [7, 11) is 1.17. The maximum absolute atomic E-state index is 14.0. The molecule has 1 amide bonds. The first-order valence-electron chi connectivity index (χ1n) is 6.57. The minimum Gasteiger partial charge on any atom is -0.465 e. The molecule has 0 atom stereocenters. The van der Waals surface area contributed by atoms with Crippen LogP contribution in [0.25, 0.3) is 0 Å². The summed E-state index contributed by atoms with van der Waals surface area (Å²) in [6.07, 6.45) is -0.606. The number of methoxy groups -OCH3 is 1. The second-order valence-electron chi connectivity index (χ2n) is 5.32. The highest BCUT2D eigenvalue weighted by molar-refractivity contribution is 5.90. The van der Waals surface area contributed by atoms with Crippen molar-refractivity contribution in [3.63, 3.8) is 0 Å². The molecule has 0 aliphatic carbocycles. The van der Waals surface area contributed by atoms with Crippen molar-refractivity contribution in [1.29, 1.82) is 0 Å². The summed E-state index contributed by atoms with van der Waals surface area (Å²) in [5.74, 6) is 3.62. The third-order valence-corrected chi connectivity index (χ3v) is 2.35. The van der Waals surface area contributed by atoms with Crippen LogP contribution in [0.5, 0.6) is 0 Å². The van der Waals surface area contributed by atoms with Gasteiger partial charge in [0.25, 0.3) is 0 Å². The lowest BCUT2D eigenvalue weighted by Crippen LogP contribution is -2.32. The lowest BCUT2D eigenvalue weighted by atomic mass is 10.1. The molecule has 0 unspecified atom stereocenters. The van der Waals surface area contributed by atoms with Crippen molar-refractivity contribution in [2.24, 2.45) is 0 Å². The average molecular weight is 307 g/mol. The number of rotatable bonds is 2. The van der Waals surface area contributed by atoms with Crippen LogP contribution in [-0.4, -0.2) is 31.3 Å². The number of carbonyl (C=O) groups excluding carboxylic acids is 2. The maximum Gasteiger partial charge on any atom is 0.408 e. The molecule has 0 heterocycles. The van der Waals surface area contributed by atoms with Gasteiger partial charge in [0.2, 0.25) is 0 Å². The molecule has 1 aromatic rings. The van der Waals surface area contributed by atoms with Gasteiger partial charge in [-0.05, 0) is 32.9 Å². The summed E-state index contributed by atoms with van der Waals surface area (Å²) in [5.41, 5.74) is -0.735. The molecule has 0 saturated carbocycles. The number of nitrogens with one attached hydrogen (secondary N) is 1. The molecule has 1 N–H and O–H groups in total. The predicted octanol–water partition coefficient (Wildman–Crippen LogP) is 2.49. The zero-order chi connectivity index (χ0) is 16.8. The minimum atomic E-state index is -0.770. The van der Waals surface area contributed by atoms with Crippen LogP contribution in [0.2, 0.25) is 0 Å². The molecule has 0 radical (unpaired) electrons. The third kappa shape index (κ3) is 5.44. The number of hydrogen-bond acceptors (Lipinski definition) is 4. The molecule has 0 fully saturated rings. The summed E-state index contributed by atoms with van der Waals surface area (Å²) >= 11 is 0. The van der Waals surface area contributed by atoms with Crippen LogP contribution in [0.4, 0.5) is 9.18 Å². The SMILES string of the molecule is COC(=O)c1cccc(C#CCNC(=O)OC(C)(C)C)c1F. The van der Waals surface area contributed by atoms with Crippen LogP contribution in [-0.2, 0) is 9.47 Å². The van der Waals surface area contributed by atoms with Crippen LogP contribution >= 0.6 is 0 Å². The summed E-state index contributed by atoms with van der Waals surface area (Å²) < 4.78 is 23.5. The van der Waals surface area contributed by atoms with Crippen molar-refractivity contribution in [3.05, 3.63) is 35.1 Å². The molecule has 0 saturated heterocycles. The van der Waals surface area contributed by atoms with E-state index >= 15 is 0 Å². The first kappa shape index (κ1) is 17.5. The van der Waals surface area contributed by atoms with E-state index in [1.165, 1.54) is 25.3 Å². The number of carbonyl (C=O) groups is 2. The standard InChI is InChI=1S/C16H18FNO4/c1-16(2,3)22-15(20)18-10-6-8-11-7-5-9-12(13(11)17)14(19)21-4/h5,7,9H,10H2,1-4H3,(H,18,20). The van der Waals surface area contributed by atoms with Gasteiger partial charge in [-0.3, -0.25) is 0 Å². The van der Waals surface area contributed by atoms with Gasteiger partial charge in [0.15, 0.2) is 5.82 Å². The lowest BCUT2D eigenvalue weighted by Gasteiger charge is -2.19. The van der Waals surface area contributed by atoms with Crippen molar-refractivity contribution in [3.8, 4) is 11.8 Å². The molecule has 1 rings (SSSR count). The fourth-order valence-corrected chi connectivity index (χ4v) is 1.47. The van der Waals surface area contributed by atoms with Gasteiger partial charge in [0, 0.05) is 0 Å². The number of amides is 1. The Bertz CT molecular complexity index is 623. The molecule has 0 aliphatic rings. The molecular formula is C16H18FNO4. The number of hydrogen-bond donors (Lipinski definition) is 1. The highest BCUT2D eigenvalue weighted by Crippen LogP contribution is 2.13. The second kappa shape index (κ2) is 7.46. The van der Waals surface area contributed by atoms with E-state index in [0.29, 0.717) is 0 Å². The van der Waals surface area contributed by atoms with Gasteiger partial charge < -0.3 is 14.8 Å². The van der Waals surface area contributed by atoms with E-state index < -0.39 is 23.5 Å².